The molecule has 0 atom stereocenters. The molecule has 2 heterocycles. The summed E-state index contributed by atoms with van der Waals surface area (Å²) in [5.41, 5.74) is 4.08. The Kier molecular flexibility index (Phi) is 5.92. The third-order valence-corrected chi connectivity index (χ3v) is 5.80. The van der Waals surface area contributed by atoms with E-state index in [1.807, 2.05) is 60.7 Å². The molecule has 0 aliphatic carbocycles. The summed E-state index contributed by atoms with van der Waals surface area (Å²) in [5, 5.41) is 14.5. The Bertz CT molecular complexity index is 1500. The summed E-state index contributed by atoms with van der Waals surface area (Å²) < 4.78 is 7.34. The van der Waals surface area contributed by atoms with Crippen LogP contribution in [0.3, 0.4) is 0 Å². The minimum atomic E-state index is -1.14. The minimum absolute atomic E-state index is 0.111. The third kappa shape index (κ3) is 4.46. The fraction of sp³-hybridized carbons (Fsp3) is 0.0385. The zero-order valence-electron chi connectivity index (χ0n) is 17.7. The number of rotatable bonds is 6. The van der Waals surface area contributed by atoms with E-state index in [1.54, 1.807) is 18.2 Å². The maximum Gasteiger partial charge on any atom is 0.356 e. The van der Waals surface area contributed by atoms with Crippen LogP contribution in [0.15, 0.2) is 84.9 Å². The largest absolute Gasteiger partial charge is 0.489 e. The molecule has 2 aromatic heterocycles. The summed E-state index contributed by atoms with van der Waals surface area (Å²) in [7, 11) is 0. The van der Waals surface area contributed by atoms with Crippen molar-refractivity contribution in [2.75, 3.05) is 0 Å². The number of aromatic nitrogens is 3. The van der Waals surface area contributed by atoms with Crippen LogP contribution in [0.1, 0.15) is 16.1 Å². The molecule has 0 bridgehead atoms. The second kappa shape index (κ2) is 9.17. The first-order valence-corrected chi connectivity index (χ1v) is 11.1. The number of nitrogens with zero attached hydrogens (tertiary/aromatic N) is 3. The van der Waals surface area contributed by atoms with Crippen molar-refractivity contribution in [2.24, 2.45) is 0 Å². The number of benzene rings is 3. The molecule has 0 amide bonds. The van der Waals surface area contributed by atoms with Crippen molar-refractivity contribution in [3.8, 4) is 28.3 Å². The van der Waals surface area contributed by atoms with Gasteiger partial charge in [0.25, 0.3) is 0 Å². The molecule has 0 aliphatic rings. The lowest BCUT2D eigenvalue weighted by molar-refractivity contribution is 0.0690. The Morgan fingerprint density at radius 1 is 0.941 bits per heavy atom. The predicted octanol–water partition coefficient (Wildman–Crippen LogP) is 6.65. The molecule has 5 aromatic rings. The lowest BCUT2D eigenvalue weighted by atomic mass is 10.1. The number of carboxylic acids is 1. The summed E-state index contributed by atoms with van der Waals surface area (Å²) >= 11 is 12.5. The van der Waals surface area contributed by atoms with E-state index in [1.165, 1.54) is 10.6 Å². The van der Waals surface area contributed by atoms with E-state index < -0.39 is 5.97 Å². The van der Waals surface area contributed by atoms with Crippen LogP contribution in [-0.4, -0.2) is 25.7 Å². The van der Waals surface area contributed by atoms with Gasteiger partial charge in [-0.25, -0.2) is 14.3 Å². The van der Waals surface area contributed by atoms with Crippen LogP contribution in [0, 0.1) is 0 Å². The second-order valence-corrected chi connectivity index (χ2v) is 8.40. The SMILES string of the molecule is O=C(O)c1cc2nc(-c3ccc(OCc4ccccc4)cc3)cc(-c3ccc(Cl)cc3Cl)n2n1. The van der Waals surface area contributed by atoms with Gasteiger partial charge in [0.15, 0.2) is 11.3 Å². The first-order valence-electron chi connectivity index (χ1n) is 10.3. The van der Waals surface area contributed by atoms with Crippen molar-refractivity contribution in [1.29, 1.82) is 0 Å². The third-order valence-electron chi connectivity index (χ3n) is 5.25. The Hall–Kier alpha value is -3.87. The molecular weight excluding hydrogens is 473 g/mol. The highest BCUT2D eigenvalue weighted by Crippen LogP contribution is 2.33. The maximum atomic E-state index is 11.5. The average molecular weight is 490 g/mol. The number of carbonyl (C=O) groups is 1. The van der Waals surface area contributed by atoms with E-state index in [0.29, 0.717) is 39.3 Å². The Labute approximate surface area is 205 Å². The molecule has 0 fully saturated rings. The summed E-state index contributed by atoms with van der Waals surface area (Å²) in [4.78, 5) is 16.2. The number of ether oxygens (including phenoxy) is 1. The molecule has 8 heteroatoms. The Balaban J connectivity index is 1.53. The molecule has 0 saturated carbocycles. The van der Waals surface area contributed by atoms with Gasteiger partial charge in [-0.3, -0.25) is 0 Å². The fourth-order valence-electron chi connectivity index (χ4n) is 3.58. The van der Waals surface area contributed by atoms with Gasteiger partial charge in [0.05, 0.1) is 16.4 Å². The lowest BCUT2D eigenvalue weighted by Crippen LogP contribution is -2.01. The van der Waals surface area contributed by atoms with Gasteiger partial charge in [-0.2, -0.15) is 5.10 Å². The normalized spacial score (nSPS) is 11.0. The van der Waals surface area contributed by atoms with Crippen molar-refractivity contribution in [3.05, 3.63) is 106 Å². The van der Waals surface area contributed by atoms with Gasteiger partial charge in [-0.15, -0.1) is 0 Å². The van der Waals surface area contributed by atoms with Crippen LogP contribution in [0.4, 0.5) is 0 Å². The summed E-state index contributed by atoms with van der Waals surface area (Å²) in [6.07, 6.45) is 0. The first-order chi connectivity index (χ1) is 16.5. The molecule has 0 unspecified atom stereocenters. The molecular formula is C26H17Cl2N3O3. The summed E-state index contributed by atoms with van der Waals surface area (Å²) in [5.74, 6) is -0.410. The van der Waals surface area contributed by atoms with Crippen LogP contribution >= 0.6 is 23.2 Å². The smallest absolute Gasteiger partial charge is 0.356 e. The van der Waals surface area contributed by atoms with Crippen molar-refractivity contribution in [2.45, 2.75) is 6.61 Å². The van der Waals surface area contributed by atoms with Crippen molar-refractivity contribution < 1.29 is 14.6 Å². The van der Waals surface area contributed by atoms with E-state index >= 15 is 0 Å². The molecule has 168 valence electrons. The first kappa shape index (κ1) is 21.9. The van der Waals surface area contributed by atoms with Crippen molar-refractivity contribution in [1.82, 2.24) is 14.6 Å². The molecule has 0 spiro atoms. The molecule has 34 heavy (non-hydrogen) atoms. The standard InChI is InChI=1S/C26H17Cl2N3O3/c27-18-8-11-20(21(28)12-18)24-13-22(29-25-14-23(26(32)33)30-31(24)25)17-6-9-19(10-7-17)34-15-16-4-2-1-3-5-16/h1-14H,15H2,(H,32,33). The second-order valence-electron chi connectivity index (χ2n) is 7.55. The highest BCUT2D eigenvalue weighted by molar-refractivity contribution is 6.36. The van der Waals surface area contributed by atoms with Gasteiger partial charge in [-0.05, 0) is 54.1 Å². The molecule has 0 saturated heterocycles. The Morgan fingerprint density at radius 3 is 2.41 bits per heavy atom. The molecule has 1 N–H and O–H groups in total. The van der Waals surface area contributed by atoms with Crippen LogP contribution in [0.5, 0.6) is 5.75 Å². The molecule has 0 aliphatic heterocycles. The van der Waals surface area contributed by atoms with E-state index in [4.69, 9.17) is 27.9 Å². The van der Waals surface area contributed by atoms with Crippen molar-refractivity contribution in [3.63, 3.8) is 0 Å². The number of fused-ring (bicyclic) bond motifs is 1. The predicted molar refractivity (Wildman–Crippen MR) is 132 cm³/mol. The lowest BCUT2D eigenvalue weighted by Gasteiger charge is -2.11. The summed E-state index contributed by atoms with van der Waals surface area (Å²) in [6.45, 7) is 0.470. The molecule has 0 radical (unpaired) electrons. The maximum absolute atomic E-state index is 11.5. The highest BCUT2D eigenvalue weighted by atomic mass is 35.5. The van der Waals surface area contributed by atoms with Gasteiger partial charge >= 0.3 is 5.97 Å². The van der Waals surface area contributed by atoms with Gasteiger partial charge < -0.3 is 9.84 Å². The quantitative estimate of drug-likeness (QED) is 0.289. The van der Waals surface area contributed by atoms with Crippen molar-refractivity contribution >= 4 is 34.8 Å². The van der Waals surface area contributed by atoms with Gasteiger partial charge in [-0.1, -0.05) is 53.5 Å². The zero-order valence-corrected chi connectivity index (χ0v) is 19.2. The number of hydrogen-bond acceptors (Lipinski definition) is 4. The monoisotopic (exact) mass is 489 g/mol. The molecule has 5 rings (SSSR count). The van der Waals surface area contributed by atoms with Crippen LogP contribution in [-0.2, 0) is 6.61 Å². The van der Waals surface area contributed by atoms with E-state index in [-0.39, 0.29) is 5.69 Å². The summed E-state index contributed by atoms with van der Waals surface area (Å²) in [6, 6.07) is 25.8. The highest BCUT2D eigenvalue weighted by Gasteiger charge is 2.17. The number of hydrogen-bond donors (Lipinski definition) is 1. The number of carboxylic acid groups (broad SMARTS) is 1. The Morgan fingerprint density at radius 2 is 1.71 bits per heavy atom. The van der Waals surface area contributed by atoms with Crippen LogP contribution < -0.4 is 4.74 Å². The van der Waals surface area contributed by atoms with E-state index in [9.17, 15) is 9.90 Å². The number of aromatic carboxylic acids is 1. The number of halogens is 2. The van der Waals surface area contributed by atoms with E-state index in [2.05, 4.69) is 10.1 Å². The fourth-order valence-corrected chi connectivity index (χ4v) is 4.08. The average Bonchev–Trinajstić information content (AvgIpc) is 3.28. The van der Waals surface area contributed by atoms with Gasteiger partial charge in [0.1, 0.15) is 12.4 Å². The molecule has 3 aromatic carbocycles. The van der Waals surface area contributed by atoms with Gasteiger partial charge in [0, 0.05) is 22.2 Å². The topological polar surface area (TPSA) is 76.7 Å². The van der Waals surface area contributed by atoms with Crippen LogP contribution in [0.25, 0.3) is 28.2 Å². The van der Waals surface area contributed by atoms with Crippen LogP contribution in [0.2, 0.25) is 10.0 Å². The van der Waals surface area contributed by atoms with E-state index in [0.717, 1.165) is 16.9 Å². The zero-order chi connectivity index (χ0) is 23.7. The molecule has 6 nitrogen and oxygen atoms in total. The van der Waals surface area contributed by atoms with Gasteiger partial charge in [0.2, 0.25) is 0 Å². The minimum Gasteiger partial charge on any atom is -0.489 e.